The average Bonchev–Trinajstić information content (AvgIpc) is 2.83. The van der Waals surface area contributed by atoms with Gasteiger partial charge in [0.1, 0.15) is 0 Å². The van der Waals surface area contributed by atoms with Crippen LogP contribution in [0.25, 0.3) is 11.1 Å². The van der Waals surface area contributed by atoms with Gasteiger partial charge >= 0.3 is 0 Å². The van der Waals surface area contributed by atoms with Crippen LogP contribution in [0.5, 0.6) is 0 Å². The van der Waals surface area contributed by atoms with Gasteiger partial charge in [0.2, 0.25) is 0 Å². The summed E-state index contributed by atoms with van der Waals surface area (Å²) in [6.45, 7) is 2.03. The summed E-state index contributed by atoms with van der Waals surface area (Å²) in [4.78, 5) is 12.0. The second-order valence-electron chi connectivity index (χ2n) is 3.73. The Balaban J connectivity index is 2.42. The van der Waals surface area contributed by atoms with Crippen molar-refractivity contribution in [3.05, 3.63) is 46.7 Å². The van der Waals surface area contributed by atoms with Crippen LogP contribution in [0.2, 0.25) is 0 Å². The highest BCUT2D eigenvalue weighted by Crippen LogP contribution is 2.26. The third-order valence-corrected chi connectivity index (χ3v) is 3.22. The molecule has 0 unspecified atom stereocenters. The minimum atomic E-state index is 0.240. The van der Waals surface area contributed by atoms with Gasteiger partial charge in [0.15, 0.2) is 5.78 Å². The number of carbonyl (C=O) groups excluding carboxylic acids is 1. The highest BCUT2D eigenvalue weighted by molar-refractivity contribution is 7.08. The van der Waals surface area contributed by atoms with Crippen molar-refractivity contribution in [1.29, 1.82) is 0 Å². The normalized spacial score (nSPS) is 10.3. The molecule has 2 aromatic rings. The molecule has 0 radical (unpaired) electrons. The number of hydrogen-bond acceptors (Lipinski definition) is 2. The quantitative estimate of drug-likeness (QED) is 0.711. The average molecular weight is 230 g/mol. The largest absolute Gasteiger partial charge is 0.294 e. The molecule has 0 bridgehead atoms. The summed E-state index contributed by atoms with van der Waals surface area (Å²) in [7, 11) is 0. The van der Waals surface area contributed by atoms with Gasteiger partial charge < -0.3 is 0 Å². The van der Waals surface area contributed by atoms with Crippen molar-refractivity contribution in [2.75, 3.05) is 0 Å². The molecule has 0 fully saturated rings. The molecule has 1 aromatic heterocycles. The Labute approximate surface area is 99.8 Å². The molecule has 1 heterocycles. The number of rotatable bonds is 4. The Morgan fingerprint density at radius 1 is 1.25 bits per heavy atom. The van der Waals surface area contributed by atoms with Crippen LogP contribution in [-0.4, -0.2) is 5.78 Å². The molecule has 82 valence electrons. The maximum atomic E-state index is 12.0. The van der Waals surface area contributed by atoms with Crippen LogP contribution in [0.1, 0.15) is 30.1 Å². The van der Waals surface area contributed by atoms with Crippen LogP contribution in [0.15, 0.2) is 41.1 Å². The first-order chi connectivity index (χ1) is 7.83. The van der Waals surface area contributed by atoms with E-state index in [0.29, 0.717) is 6.42 Å². The lowest BCUT2D eigenvalue weighted by Crippen LogP contribution is -2.00. The molecule has 0 aliphatic rings. The third-order valence-electron chi connectivity index (χ3n) is 2.54. The van der Waals surface area contributed by atoms with Gasteiger partial charge in [-0.3, -0.25) is 4.79 Å². The van der Waals surface area contributed by atoms with Gasteiger partial charge in [-0.2, -0.15) is 11.3 Å². The van der Waals surface area contributed by atoms with E-state index in [9.17, 15) is 4.79 Å². The fraction of sp³-hybridized carbons (Fsp3) is 0.214. The van der Waals surface area contributed by atoms with Crippen LogP contribution >= 0.6 is 11.3 Å². The number of ketones is 1. The monoisotopic (exact) mass is 230 g/mol. The lowest BCUT2D eigenvalue weighted by Gasteiger charge is -2.06. The molecular formula is C14H14OS. The molecule has 16 heavy (non-hydrogen) atoms. The molecular weight excluding hydrogens is 216 g/mol. The Kier molecular flexibility index (Phi) is 3.52. The van der Waals surface area contributed by atoms with E-state index < -0.39 is 0 Å². The van der Waals surface area contributed by atoms with Gasteiger partial charge in [0, 0.05) is 12.0 Å². The van der Waals surface area contributed by atoms with E-state index in [1.54, 1.807) is 11.3 Å². The van der Waals surface area contributed by atoms with Crippen molar-refractivity contribution >= 4 is 17.1 Å². The molecule has 1 aromatic carbocycles. The predicted octanol–water partition coefficient (Wildman–Crippen LogP) is 4.40. The van der Waals surface area contributed by atoms with Gasteiger partial charge in [-0.15, -0.1) is 0 Å². The van der Waals surface area contributed by atoms with Crippen LogP contribution in [-0.2, 0) is 0 Å². The summed E-state index contributed by atoms with van der Waals surface area (Å²) in [5.41, 5.74) is 3.05. The number of Topliss-reactive ketones (excluding diaryl/α,β-unsaturated/α-hetero) is 1. The molecule has 2 heteroatoms. The van der Waals surface area contributed by atoms with Crippen molar-refractivity contribution in [1.82, 2.24) is 0 Å². The van der Waals surface area contributed by atoms with E-state index in [2.05, 4.69) is 11.4 Å². The smallest absolute Gasteiger partial charge is 0.163 e. The Hall–Kier alpha value is -1.41. The number of carbonyl (C=O) groups is 1. The maximum absolute atomic E-state index is 12.0. The van der Waals surface area contributed by atoms with Gasteiger partial charge in [-0.05, 0) is 34.4 Å². The molecule has 2 rings (SSSR count). The van der Waals surface area contributed by atoms with Crippen molar-refractivity contribution in [2.24, 2.45) is 0 Å². The zero-order valence-electron chi connectivity index (χ0n) is 9.27. The Morgan fingerprint density at radius 3 is 2.75 bits per heavy atom. The first-order valence-corrected chi connectivity index (χ1v) is 6.42. The maximum Gasteiger partial charge on any atom is 0.163 e. The summed E-state index contributed by atoms with van der Waals surface area (Å²) in [5, 5.41) is 4.12. The van der Waals surface area contributed by atoms with Gasteiger partial charge in [-0.25, -0.2) is 0 Å². The Morgan fingerprint density at radius 2 is 2.06 bits per heavy atom. The van der Waals surface area contributed by atoms with Crippen molar-refractivity contribution in [3.63, 3.8) is 0 Å². The van der Waals surface area contributed by atoms with Gasteiger partial charge in [0.05, 0.1) is 0 Å². The molecule has 0 spiro atoms. The standard InChI is InChI=1S/C14H14OS/c1-2-5-14(15)13-7-4-3-6-12(13)11-8-9-16-10-11/h3-4,6-10H,2,5H2,1H3. The molecule has 0 aliphatic heterocycles. The van der Waals surface area contributed by atoms with E-state index in [4.69, 9.17) is 0 Å². The molecule has 0 atom stereocenters. The second-order valence-corrected chi connectivity index (χ2v) is 4.51. The third kappa shape index (κ3) is 2.22. The molecule has 0 N–H and O–H groups in total. The SMILES string of the molecule is CCCC(=O)c1ccccc1-c1ccsc1. The van der Waals surface area contributed by atoms with Crippen LogP contribution in [0.4, 0.5) is 0 Å². The van der Waals surface area contributed by atoms with Crippen LogP contribution in [0, 0.1) is 0 Å². The topological polar surface area (TPSA) is 17.1 Å². The van der Waals surface area contributed by atoms with E-state index in [1.807, 2.05) is 36.6 Å². The lowest BCUT2D eigenvalue weighted by atomic mass is 9.97. The van der Waals surface area contributed by atoms with Crippen molar-refractivity contribution < 1.29 is 4.79 Å². The highest BCUT2D eigenvalue weighted by Gasteiger charge is 2.11. The fourth-order valence-corrected chi connectivity index (χ4v) is 2.41. The molecule has 0 saturated heterocycles. The first-order valence-electron chi connectivity index (χ1n) is 5.47. The highest BCUT2D eigenvalue weighted by atomic mass is 32.1. The molecule has 0 aliphatic carbocycles. The van der Waals surface area contributed by atoms with Gasteiger partial charge in [0.25, 0.3) is 0 Å². The summed E-state index contributed by atoms with van der Waals surface area (Å²) in [5.74, 6) is 0.240. The van der Waals surface area contributed by atoms with Crippen molar-refractivity contribution in [3.8, 4) is 11.1 Å². The zero-order chi connectivity index (χ0) is 11.4. The molecule has 1 nitrogen and oxygen atoms in total. The van der Waals surface area contributed by atoms with E-state index in [1.165, 1.54) is 0 Å². The molecule has 0 saturated carbocycles. The van der Waals surface area contributed by atoms with E-state index >= 15 is 0 Å². The van der Waals surface area contributed by atoms with E-state index in [-0.39, 0.29) is 5.78 Å². The summed E-state index contributed by atoms with van der Waals surface area (Å²) < 4.78 is 0. The minimum Gasteiger partial charge on any atom is -0.294 e. The zero-order valence-corrected chi connectivity index (χ0v) is 10.1. The Bertz CT molecular complexity index is 471. The summed E-state index contributed by atoms with van der Waals surface area (Å²) >= 11 is 1.66. The molecule has 0 amide bonds. The summed E-state index contributed by atoms with van der Waals surface area (Å²) in [6, 6.07) is 9.91. The van der Waals surface area contributed by atoms with Crippen molar-refractivity contribution in [2.45, 2.75) is 19.8 Å². The number of hydrogen-bond donors (Lipinski definition) is 0. The fourth-order valence-electron chi connectivity index (χ4n) is 1.76. The van der Waals surface area contributed by atoms with Gasteiger partial charge in [-0.1, -0.05) is 31.2 Å². The first kappa shape index (κ1) is 11.1. The van der Waals surface area contributed by atoms with E-state index in [0.717, 1.165) is 23.1 Å². The number of benzene rings is 1. The minimum absolute atomic E-state index is 0.240. The number of thiophene rings is 1. The van der Waals surface area contributed by atoms with Crippen LogP contribution in [0.3, 0.4) is 0 Å². The van der Waals surface area contributed by atoms with Crippen LogP contribution < -0.4 is 0 Å². The second kappa shape index (κ2) is 5.08. The lowest BCUT2D eigenvalue weighted by molar-refractivity contribution is 0.0982. The predicted molar refractivity (Wildman–Crippen MR) is 69.0 cm³/mol. The summed E-state index contributed by atoms with van der Waals surface area (Å²) in [6.07, 6.45) is 1.53.